The Hall–Kier alpha value is -1.63. The molecule has 2 aliphatic heterocycles. The van der Waals surface area contributed by atoms with Gasteiger partial charge in [0.2, 0.25) is 11.8 Å². The maximum absolute atomic E-state index is 12.2. The van der Waals surface area contributed by atoms with E-state index < -0.39 is 0 Å². The van der Waals surface area contributed by atoms with Crippen molar-refractivity contribution in [1.82, 2.24) is 20.0 Å². The van der Waals surface area contributed by atoms with Gasteiger partial charge in [0.05, 0.1) is 6.04 Å². The van der Waals surface area contributed by atoms with Gasteiger partial charge in [-0.1, -0.05) is 0 Å². The van der Waals surface area contributed by atoms with Crippen molar-refractivity contribution in [2.45, 2.75) is 56.1 Å². The van der Waals surface area contributed by atoms with Gasteiger partial charge in [-0.15, -0.1) is 10.2 Å². The van der Waals surface area contributed by atoms with E-state index in [1.165, 1.54) is 0 Å². The van der Waals surface area contributed by atoms with E-state index in [9.17, 15) is 4.79 Å². The summed E-state index contributed by atoms with van der Waals surface area (Å²) in [6.45, 7) is 0.770. The first kappa shape index (κ1) is 13.1. The summed E-state index contributed by atoms with van der Waals surface area (Å²) in [6, 6.07) is 0.596. The van der Waals surface area contributed by atoms with Gasteiger partial charge in [0, 0.05) is 25.6 Å². The number of nitrogens with zero attached hydrogens (tertiary/aromatic N) is 4. The molecule has 21 heavy (non-hydrogen) atoms. The third-order valence-electron chi connectivity index (χ3n) is 5.22. The molecular formula is C14H21N5O2. The number of amides is 2. The molecule has 7 heteroatoms. The molecule has 2 N–H and O–H groups in total. The fourth-order valence-electron chi connectivity index (χ4n) is 3.88. The monoisotopic (exact) mass is 291 g/mol. The van der Waals surface area contributed by atoms with Gasteiger partial charge in [-0.2, -0.15) is 0 Å². The van der Waals surface area contributed by atoms with Crippen LogP contribution in [0.4, 0.5) is 4.79 Å². The first-order valence-electron chi connectivity index (χ1n) is 7.76. The van der Waals surface area contributed by atoms with Gasteiger partial charge in [-0.05, 0) is 32.1 Å². The minimum Gasteiger partial charge on any atom is -0.423 e. The Morgan fingerprint density at radius 1 is 1.19 bits per heavy atom. The molecule has 1 aromatic heterocycles. The van der Waals surface area contributed by atoms with Crippen molar-refractivity contribution in [3.8, 4) is 0 Å². The predicted molar refractivity (Wildman–Crippen MR) is 74.5 cm³/mol. The van der Waals surface area contributed by atoms with Crippen LogP contribution in [0.15, 0.2) is 4.42 Å². The van der Waals surface area contributed by atoms with Gasteiger partial charge in [0.25, 0.3) is 0 Å². The Morgan fingerprint density at radius 3 is 2.76 bits per heavy atom. The second kappa shape index (κ2) is 4.69. The molecule has 114 valence electrons. The van der Waals surface area contributed by atoms with Crippen LogP contribution in [0.25, 0.3) is 0 Å². The lowest BCUT2D eigenvalue weighted by Crippen LogP contribution is -2.34. The molecule has 2 saturated heterocycles. The largest absolute Gasteiger partial charge is 0.423 e. The maximum Gasteiger partial charge on any atom is 0.320 e. The van der Waals surface area contributed by atoms with Gasteiger partial charge in [0.1, 0.15) is 6.04 Å². The summed E-state index contributed by atoms with van der Waals surface area (Å²) in [5, 5.41) is 8.43. The van der Waals surface area contributed by atoms with Crippen LogP contribution in [0.5, 0.6) is 0 Å². The third-order valence-corrected chi connectivity index (χ3v) is 5.22. The van der Waals surface area contributed by atoms with Crippen molar-refractivity contribution in [1.29, 1.82) is 0 Å². The molecule has 0 aromatic carbocycles. The highest BCUT2D eigenvalue weighted by atomic mass is 16.4. The number of carbonyl (C=O) groups excluding carboxylic acids is 1. The van der Waals surface area contributed by atoms with E-state index in [4.69, 9.17) is 10.2 Å². The number of carbonyl (C=O) groups is 1. The van der Waals surface area contributed by atoms with Crippen molar-refractivity contribution < 1.29 is 9.21 Å². The standard InChI is InChI=1S/C14H21N5O2/c1-18-10-4-5-11(19(7-10)14(18)20)13-17-16-12(21-13)8-2-3-9(15)6-8/h8-11H,2-7,15H2,1H3/t8?,9-,10-,11+/m1/s1. The number of urea groups is 1. The Bertz CT molecular complexity index is 559. The van der Waals surface area contributed by atoms with Crippen LogP contribution in [0.2, 0.25) is 0 Å². The van der Waals surface area contributed by atoms with Crippen LogP contribution in [-0.4, -0.2) is 51.7 Å². The van der Waals surface area contributed by atoms with Gasteiger partial charge in [-0.25, -0.2) is 4.79 Å². The zero-order valence-corrected chi connectivity index (χ0v) is 12.2. The first-order valence-corrected chi connectivity index (χ1v) is 7.76. The summed E-state index contributed by atoms with van der Waals surface area (Å²) in [4.78, 5) is 15.9. The smallest absolute Gasteiger partial charge is 0.320 e. The van der Waals surface area contributed by atoms with Crippen LogP contribution < -0.4 is 5.73 Å². The SMILES string of the molecule is CN1C(=O)N2C[C@H]1CC[C@H]2c1nnc(C2CC[C@@H](N)C2)o1. The maximum atomic E-state index is 12.2. The number of fused-ring (bicyclic) bond motifs is 2. The fraction of sp³-hybridized carbons (Fsp3) is 0.786. The highest BCUT2D eigenvalue weighted by Crippen LogP contribution is 2.39. The van der Waals surface area contributed by atoms with Gasteiger partial charge in [0.15, 0.2) is 0 Å². The molecule has 1 saturated carbocycles. The Labute approximate surface area is 123 Å². The highest BCUT2D eigenvalue weighted by molar-refractivity contribution is 5.77. The summed E-state index contributed by atoms with van der Waals surface area (Å²) in [6.07, 6.45) is 4.84. The molecule has 1 unspecified atom stereocenters. The summed E-state index contributed by atoms with van der Waals surface area (Å²) in [5.41, 5.74) is 5.95. The number of hydrogen-bond donors (Lipinski definition) is 1. The third kappa shape index (κ3) is 2.02. The Balaban J connectivity index is 1.54. The quantitative estimate of drug-likeness (QED) is 0.885. The summed E-state index contributed by atoms with van der Waals surface area (Å²) >= 11 is 0. The van der Waals surface area contributed by atoms with Crippen LogP contribution in [0, 0.1) is 0 Å². The molecule has 0 radical (unpaired) electrons. The number of piperidine rings is 1. The van der Waals surface area contributed by atoms with E-state index in [-0.39, 0.29) is 24.0 Å². The normalized spacial score (nSPS) is 35.8. The van der Waals surface area contributed by atoms with E-state index in [0.717, 1.165) is 38.6 Å². The molecule has 3 heterocycles. The molecule has 2 bridgehead atoms. The van der Waals surface area contributed by atoms with E-state index in [1.807, 2.05) is 16.8 Å². The van der Waals surface area contributed by atoms with Crippen LogP contribution in [0.3, 0.4) is 0 Å². The summed E-state index contributed by atoms with van der Waals surface area (Å²) in [7, 11) is 1.87. The van der Waals surface area contributed by atoms with Crippen molar-refractivity contribution in [2.24, 2.45) is 5.73 Å². The van der Waals surface area contributed by atoms with E-state index in [2.05, 4.69) is 10.2 Å². The molecule has 4 rings (SSSR count). The molecule has 0 spiro atoms. The number of nitrogens with two attached hydrogens (primary N) is 1. The second-order valence-corrected chi connectivity index (χ2v) is 6.54. The zero-order chi connectivity index (χ0) is 14.6. The molecule has 3 aliphatic rings. The lowest BCUT2D eigenvalue weighted by Gasteiger charge is -2.27. The molecule has 2 amide bonds. The summed E-state index contributed by atoms with van der Waals surface area (Å²) < 4.78 is 5.90. The lowest BCUT2D eigenvalue weighted by atomic mass is 10.0. The Kier molecular flexibility index (Phi) is 2.92. The highest BCUT2D eigenvalue weighted by Gasteiger charge is 2.45. The Morgan fingerprint density at radius 2 is 2.00 bits per heavy atom. The van der Waals surface area contributed by atoms with Crippen molar-refractivity contribution in [2.75, 3.05) is 13.6 Å². The minimum atomic E-state index is -0.0602. The molecule has 1 aliphatic carbocycles. The van der Waals surface area contributed by atoms with E-state index >= 15 is 0 Å². The molecule has 3 fully saturated rings. The second-order valence-electron chi connectivity index (χ2n) is 6.54. The molecule has 7 nitrogen and oxygen atoms in total. The topological polar surface area (TPSA) is 88.5 Å². The predicted octanol–water partition coefficient (Wildman–Crippen LogP) is 1.24. The van der Waals surface area contributed by atoms with Crippen LogP contribution >= 0.6 is 0 Å². The minimum absolute atomic E-state index is 0.0602. The molecule has 1 aromatic rings. The lowest BCUT2D eigenvalue weighted by molar-refractivity contribution is 0.165. The van der Waals surface area contributed by atoms with Crippen molar-refractivity contribution in [3.05, 3.63) is 11.8 Å². The molecular weight excluding hydrogens is 270 g/mol. The van der Waals surface area contributed by atoms with Gasteiger partial charge >= 0.3 is 6.03 Å². The zero-order valence-electron chi connectivity index (χ0n) is 12.2. The number of hydrogen-bond acceptors (Lipinski definition) is 5. The number of likely N-dealkylation sites (N-methyl/N-ethyl adjacent to an activating group) is 1. The average molecular weight is 291 g/mol. The van der Waals surface area contributed by atoms with Crippen LogP contribution in [-0.2, 0) is 0 Å². The number of rotatable bonds is 2. The molecule has 4 atom stereocenters. The van der Waals surface area contributed by atoms with E-state index in [1.54, 1.807) is 0 Å². The summed E-state index contributed by atoms with van der Waals surface area (Å²) in [5.74, 6) is 1.57. The first-order chi connectivity index (χ1) is 10.1. The van der Waals surface area contributed by atoms with Crippen molar-refractivity contribution in [3.63, 3.8) is 0 Å². The van der Waals surface area contributed by atoms with Crippen LogP contribution in [0.1, 0.15) is 55.8 Å². The average Bonchev–Trinajstić information content (AvgIpc) is 3.17. The number of aromatic nitrogens is 2. The van der Waals surface area contributed by atoms with Gasteiger partial charge < -0.3 is 20.0 Å². The van der Waals surface area contributed by atoms with Crippen molar-refractivity contribution >= 4 is 6.03 Å². The van der Waals surface area contributed by atoms with Gasteiger partial charge in [-0.3, -0.25) is 0 Å². The fourth-order valence-corrected chi connectivity index (χ4v) is 3.88. The van der Waals surface area contributed by atoms with E-state index in [0.29, 0.717) is 17.8 Å².